The van der Waals surface area contributed by atoms with Crippen molar-refractivity contribution in [2.45, 2.75) is 82.7 Å². The molecule has 0 aliphatic carbocycles. The third-order valence-electron chi connectivity index (χ3n) is 7.44. The Hall–Kier alpha value is -2.49. The average molecular weight is 504 g/mol. The third kappa shape index (κ3) is 5.58. The fourth-order valence-electron chi connectivity index (χ4n) is 5.44. The van der Waals surface area contributed by atoms with E-state index >= 15 is 0 Å². The number of fused-ring (bicyclic) bond motifs is 5. The van der Waals surface area contributed by atoms with Crippen LogP contribution in [0.4, 0.5) is 0 Å². The van der Waals surface area contributed by atoms with Gasteiger partial charge in [-0.2, -0.15) is 0 Å². The quantitative estimate of drug-likeness (QED) is 0.226. The van der Waals surface area contributed by atoms with E-state index in [-0.39, 0.29) is 13.2 Å². The highest BCUT2D eigenvalue weighted by molar-refractivity contribution is 6.06. The summed E-state index contributed by atoms with van der Waals surface area (Å²) in [6.45, 7) is 2.63. The molecule has 4 rings (SSSR count). The molecular formula is C27H37NO8. The first-order valence-corrected chi connectivity index (χ1v) is 13.2. The number of aliphatic hydroxyl groups is 2. The van der Waals surface area contributed by atoms with Crippen LogP contribution in [0.1, 0.15) is 68.6 Å². The van der Waals surface area contributed by atoms with Crippen LogP contribution in [0.15, 0.2) is 24.3 Å². The number of carbonyl (C=O) groups excluding carboxylic acids is 3. The number of esters is 1. The van der Waals surface area contributed by atoms with Gasteiger partial charge in [0.1, 0.15) is 24.6 Å². The van der Waals surface area contributed by atoms with Crippen LogP contribution in [0.5, 0.6) is 5.75 Å². The van der Waals surface area contributed by atoms with E-state index < -0.39 is 54.0 Å². The van der Waals surface area contributed by atoms with Crippen LogP contribution < -0.4 is 4.74 Å². The van der Waals surface area contributed by atoms with Gasteiger partial charge >= 0.3 is 5.97 Å². The Balaban J connectivity index is 1.14. The lowest BCUT2D eigenvalue weighted by Gasteiger charge is -2.25. The predicted octanol–water partition coefficient (Wildman–Crippen LogP) is 2.47. The standard InChI is InChI=1S/C27H37NO8/c1-2-3-4-5-6-7-8-9-15-34-18-12-10-17(11-13-18)27(33)35-16-14-28-25(31)19-20(26(28)32)24-22(30)21(29)23(19)36-24/h10-13,19-24,29-30H,2-9,14-16H2,1H3. The topological polar surface area (TPSA) is 123 Å². The fraction of sp³-hybridized carbons (Fsp3) is 0.667. The zero-order valence-electron chi connectivity index (χ0n) is 20.8. The van der Waals surface area contributed by atoms with Crippen molar-refractivity contribution in [3.8, 4) is 5.75 Å². The van der Waals surface area contributed by atoms with E-state index in [9.17, 15) is 24.6 Å². The number of rotatable bonds is 14. The van der Waals surface area contributed by atoms with Crippen molar-refractivity contribution >= 4 is 17.8 Å². The van der Waals surface area contributed by atoms with Crippen molar-refractivity contribution in [3.63, 3.8) is 0 Å². The second kappa shape index (κ2) is 12.2. The summed E-state index contributed by atoms with van der Waals surface area (Å²) in [6.07, 6.45) is 5.74. The zero-order chi connectivity index (χ0) is 25.7. The van der Waals surface area contributed by atoms with Crippen molar-refractivity contribution in [1.82, 2.24) is 4.90 Å². The first-order chi connectivity index (χ1) is 17.4. The molecule has 36 heavy (non-hydrogen) atoms. The smallest absolute Gasteiger partial charge is 0.338 e. The summed E-state index contributed by atoms with van der Waals surface area (Å²) >= 11 is 0. The Morgan fingerprint density at radius 2 is 1.42 bits per heavy atom. The summed E-state index contributed by atoms with van der Waals surface area (Å²) in [4.78, 5) is 38.8. The molecule has 198 valence electrons. The lowest BCUT2D eigenvalue weighted by atomic mass is 9.78. The second-order valence-corrected chi connectivity index (χ2v) is 9.91. The van der Waals surface area contributed by atoms with E-state index in [4.69, 9.17) is 14.2 Å². The highest BCUT2D eigenvalue weighted by atomic mass is 16.6. The van der Waals surface area contributed by atoms with Crippen molar-refractivity contribution in [1.29, 1.82) is 0 Å². The minimum absolute atomic E-state index is 0.0815. The van der Waals surface area contributed by atoms with Gasteiger partial charge in [-0.3, -0.25) is 14.5 Å². The maximum atomic E-state index is 12.7. The molecule has 2 N–H and O–H groups in total. The Bertz CT molecular complexity index is 887. The van der Waals surface area contributed by atoms with Crippen LogP contribution in [0.25, 0.3) is 0 Å². The molecule has 3 aliphatic heterocycles. The number of ether oxygens (including phenoxy) is 3. The number of hydrogen-bond donors (Lipinski definition) is 2. The van der Waals surface area contributed by atoms with Gasteiger partial charge in [0.2, 0.25) is 11.8 Å². The van der Waals surface area contributed by atoms with Gasteiger partial charge in [-0.15, -0.1) is 0 Å². The van der Waals surface area contributed by atoms with Gasteiger partial charge in [0.25, 0.3) is 0 Å². The van der Waals surface area contributed by atoms with E-state index in [1.54, 1.807) is 24.3 Å². The van der Waals surface area contributed by atoms with E-state index in [1.807, 2.05) is 0 Å². The van der Waals surface area contributed by atoms with Crippen molar-refractivity contribution in [2.24, 2.45) is 11.8 Å². The van der Waals surface area contributed by atoms with Gasteiger partial charge in [-0.05, 0) is 30.7 Å². The van der Waals surface area contributed by atoms with E-state index in [2.05, 4.69) is 6.92 Å². The number of benzene rings is 1. The Labute approximate surface area is 211 Å². The molecule has 1 aromatic rings. The highest BCUT2D eigenvalue weighted by Crippen LogP contribution is 2.48. The molecular weight excluding hydrogens is 466 g/mol. The van der Waals surface area contributed by atoms with Crippen molar-refractivity contribution in [2.75, 3.05) is 19.8 Å². The summed E-state index contributed by atoms with van der Waals surface area (Å²) in [5.74, 6) is -2.38. The SMILES string of the molecule is CCCCCCCCCCOc1ccc(C(=O)OCCN2C(=O)C3C4OC(C(O)C4O)C3C2=O)cc1. The van der Waals surface area contributed by atoms with Gasteiger partial charge in [-0.1, -0.05) is 51.9 Å². The zero-order valence-corrected chi connectivity index (χ0v) is 20.8. The predicted molar refractivity (Wildman–Crippen MR) is 129 cm³/mol. The largest absolute Gasteiger partial charge is 0.494 e. The van der Waals surface area contributed by atoms with Gasteiger partial charge in [0.05, 0.1) is 42.8 Å². The molecule has 3 saturated heterocycles. The van der Waals surface area contributed by atoms with Crippen LogP contribution in [-0.2, 0) is 19.1 Å². The number of hydrogen-bond acceptors (Lipinski definition) is 8. The summed E-state index contributed by atoms with van der Waals surface area (Å²) in [5, 5.41) is 20.0. The summed E-state index contributed by atoms with van der Waals surface area (Å²) in [5.41, 5.74) is 0.350. The monoisotopic (exact) mass is 503 g/mol. The minimum Gasteiger partial charge on any atom is -0.494 e. The van der Waals surface area contributed by atoms with Gasteiger partial charge < -0.3 is 24.4 Å². The highest BCUT2D eigenvalue weighted by Gasteiger charge is 2.68. The molecule has 9 nitrogen and oxygen atoms in total. The van der Waals surface area contributed by atoms with E-state index in [0.29, 0.717) is 17.9 Å². The first kappa shape index (κ1) is 26.6. The summed E-state index contributed by atoms with van der Waals surface area (Å²) in [6, 6.07) is 6.70. The maximum Gasteiger partial charge on any atom is 0.338 e. The number of unbranched alkanes of at least 4 members (excludes halogenated alkanes) is 7. The van der Waals surface area contributed by atoms with Crippen LogP contribution >= 0.6 is 0 Å². The Morgan fingerprint density at radius 1 is 0.861 bits per heavy atom. The molecule has 0 aromatic heterocycles. The first-order valence-electron chi connectivity index (χ1n) is 13.2. The summed E-state index contributed by atoms with van der Waals surface area (Å²) in [7, 11) is 0. The molecule has 3 fully saturated rings. The van der Waals surface area contributed by atoms with Crippen molar-refractivity contribution in [3.05, 3.63) is 29.8 Å². The van der Waals surface area contributed by atoms with E-state index in [1.165, 1.54) is 38.5 Å². The third-order valence-corrected chi connectivity index (χ3v) is 7.44. The lowest BCUT2D eigenvalue weighted by Crippen LogP contribution is -2.47. The number of amides is 2. The number of nitrogens with zero attached hydrogens (tertiary/aromatic N) is 1. The molecule has 1 aromatic carbocycles. The molecule has 0 spiro atoms. The second-order valence-electron chi connectivity index (χ2n) is 9.91. The van der Waals surface area contributed by atoms with Crippen LogP contribution in [0.2, 0.25) is 0 Å². The fourth-order valence-corrected chi connectivity index (χ4v) is 5.44. The summed E-state index contributed by atoms with van der Waals surface area (Å²) < 4.78 is 16.5. The maximum absolute atomic E-state index is 12.7. The molecule has 9 heteroatoms. The molecule has 6 atom stereocenters. The van der Waals surface area contributed by atoms with Crippen molar-refractivity contribution < 1.29 is 38.8 Å². The molecule has 3 aliphatic rings. The number of likely N-dealkylation sites (tertiary alicyclic amines) is 1. The lowest BCUT2D eigenvalue weighted by molar-refractivity contribution is -0.143. The van der Waals surface area contributed by atoms with Gasteiger partial charge in [0, 0.05) is 0 Å². The molecule has 0 saturated carbocycles. The van der Waals surface area contributed by atoms with E-state index in [0.717, 1.165) is 17.7 Å². The molecule has 0 radical (unpaired) electrons. The van der Waals surface area contributed by atoms with Crippen LogP contribution in [0, 0.1) is 11.8 Å². The number of imide groups is 1. The molecule has 2 amide bonds. The average Bonchev–Trinajstić information content (AvgIpc) is 3.49. The number of carbonyl (C=O) groups is 3. The van der Waals surface area contributed by atoms with Gasteiger partial charge in [-0.25, -0.2) is 4.79 Å². The van der Waals surface area contributed by atoms with Crippen LogP contribution in [-0.4, -0.2) is 77.1 Å². The molecule has 6 unspecified atom stereocenters. The molecule has 2 bridgehead atoms. The normalized spacial score (nSPS) is 28.6. The van der Waals surface area contributed by atoms with Crippen LogP contribution in [0.3, 0.4) is 0 Å². The molecule has 3 heterocycles. The minimum atomic E-state index is -1.18. The Kier molecular flexibility index (Phi) is 8.98. The Morgan fingerprint density at radius 3 is 2.00 bits per heavy atom. The number of aliphatic hydroxyl groups excluding tert-OH is 2. The van der Waals surface area contributed by atoms with Gasteiger partial charge in [0.15, 0.2) is 0 Å².